The van der Waals surface area contributed by atoms with Crippen LogP contribution in [0.15, 0.2) is 43.0 Å². The van der Waals surface area contributed by atoms with Crippen molar-refractivity contribution in [3.63, 3.8) is 0 Å². The Balaban J connectivity index is 1.46. The lowest BCUT2D eigenvalue weighted by atomic mass is 9.99. The summed E-state index contributed by atoms with van der Waals surface area (Å²) in [5.74, 6) is -1.37. The van der Waals surface area contributed by atoms with Gasteiger partial charge in [0, 0.05) is 5.56 Å². The molecule has 0 aliphatic carbocycles. The van der Waals surface area contributed by atoms with Gasteiger partial charge in [-0.05, 0) is 13.8 Å². The van der Waals surface area contributed by atoms with Crippen molar-refractivity contribution < 1.29 is 49.5 Å². The van der Waals surface area contributed by atoms with E-state index >= 15 is 0 Å². The van der Waals surface area contributed by atoms with Crippen molar-refractivity contribution in [3.05, 3.63) is 53.7 Å². The predicted octanol–water partition coefficient (Wildman–Crippen LogP) is 3.25. The Morgan fingerprint density at radius 1 is 1.05 bits per heavy atom. The fourth-order valence-electron chi connectivity index (χ4n) is 5.02. The minimum absolute atomic E-state index is 0.0586. The molecule has 3 aliphatic heterocycles. The SMILES string of the molecule is CC1(C)O[C@@H]2[C@@H](OS(=O)(=O)C(F)(F)F)[C@@H]3OC(c4ccccc4)OC[C@H]3O[C@@H](n3cnc4c(Cl)ncnc43)[C@@H]2O1. The molecule has 0 radical (unpaired) electrons. The first-order chi connectivity index (χ1) is 18.8. The van der Waals surface area contributed by atoms with Crippen LogP contribution in [0.2, 0.25) is 5.15 Å². The van der Waals surface area contributed by atoms with E-state index in [0.717, 1.165) is 0 Å². The van der Waals surface area contributed by atoms with Gasteiger partial charge in [0.2, 0.25) is 0 Å². The van der Waals surface area contributed by atoms with Crippen LogP contribution in [0.5, 0.6) is 0 Å². The maximum atomic E-state index is 13.5. The summed E-state index contributed by atoms with van der Waals surface area (Å²) in [6.45, 7) is 2.85. The average Bonchev–Trinajstić information content (AvgIpc) is 3.44. The Hall–Kier alpha value is -2.44. The van der Waals surface area contributed by atoms with Gasteiger partial charge >= 0.3 is 15.6 Å². The standard InChI is InChI=1S/C23H22ClF3N4O8S/c1-22(2)37-15-16(39-40(32,33)23(25,26)27)14-12(8-34-21(36-14)11-6-4-3-5-7-11)35-20(17(15)38-22)31-10-30-13-18(24)28-9-29-19(13)31/h3-7,9-10,12,14-17,20-21H,8H2,1-2H3/t12-,14-,15-,16+,17-,20-,21?/m1/s1. The van der Waals surface area contributed by atoms with E-state index in [4.69, 9.17) is 39.5 Å². The number of rotatable bonds is 4. The summed E-state index contributed by atoms with van der Waals surface area (Å²) >= 11 is 6.16. The maximum absolute atomic E-state index is 13.5. The Labute approximate surface area is 230 Å². The van der Waals surface area contributed by atoms with Crippen LogP contribution >= 0.6 is 11.6 Å². The van der Waals surface area contributed by atoms with E-state index in [2.05, 4.69) is 15.0 Å². The largest absolute Gasteiger partial charge is 0.523 e. The smallest absolute Gasteiger partial charge is 0.347 e. The number of ether oxygens (including phenoxy) is 5. The van der Waals surface area contributed by atoms with Crippen LogP contribution in [0, 0.1) is 0 Å². The van der Waals surface area contributed by atoms with E-state index < -0.39 is 64.5 Å². The first kappa shape index (κ1) is 27.7. The molecule has 6 rings (SSSR count). The average molecular weight is 607 g/mol. The molecular weight excluding hydrogens is 585 g/mol. The molecule has 5 heterocycles. The number of alkyl halides is 3. The van der Waals surface area contributed by atoms with Crippen LogP contribution in [0.4, 0.5) is 13.2 Å². The summed E-state index contributed by atoms with van der Waals surface area (Å²) in [7, 11) is -6.10. The lowest BCUT2D eigenvalue weighted by molar-refractivity contribution is -0.297. The summed E-state index contributed by atoms with van der Waals surface area (Å²) in [6.07, 6.45) is -6.68. The van der Waals surface area contributed by atoms with Gasteiger partial charge in [-0.3, -0.25) is 8.75 Å². The number of halogens is 4. The fraction of sp³-hybridized carbons (Fsp3) is 0.522. The van der Waals surface area contributed by atoms with Crippen LogP contribution in [-0.2, 0) is 38.0 Å². The topological polar surface area (TPSA) is 133 Å². The van der Waals surface area contributed by atoms with Crippen molar-refractivity contribution in [2.24, 2.45) is 0 Å². The number of fused-ring (bicyclic) bond motifs is 3. The van der Waals surface area contributed by atoms with Crippen molar-refractivity contribution >= 4 is 32.9 Å². The zero-order chi connectivity index (χ0) is 28.4. The summed E-state index contributed by atoms with van der Waals surface area (Å²) < 4.78 is 102. The van der Waals surface area contributed by atoms with Crippen molar-refractivity contribution in [2.75, 3.05) is 6.61 Å². The van der Waals surface area contributed by atoms with Gasteiger partial charge in [-0.25, -0.2) is 15.0 Å². The highest BCUT2D eigenvalue weighted by Crippen LogP contribution is 2.46. The second-order valence-electron chi connectivity index (χ2n) is 9.76. The quantitative estimate of drug-likeness (QED) is 0.246. The molecule has 0 bridgehead atoms. The zero-order valence-corrected chi connectivity index (χ0v) is 22.3. The van der Waals surface area contributed by atoms with Gasteiger partial charge in [0.25, 0.3) is 0 Å². The fourth-order valence-corrected chi connectivity index (χ4v) is 5.81. The van der Waals surface area contributed by atoms with Crippen LogP contribution in [0.25, 0.3) is 11.2 Å². The molecular formula is C23H22ClF3N4O8S. The van der Waals surface area contributed by atoms with Gasteiger partial charge in [-0.2, -0.15) is 21.6 Å². The Kier molecular flexibility index (Phi) is 6.81. The molecule has 1 unspecified atom stereocenters. The lowest BCUT2D eigenvalue weighted by Crippen LogP contribution is -2.54. The molecule has 0 spiro atoms. The van der Waals surface area contributed by atoms with E-state index in [1.165, 1.54) is 31.1 Å². The summed E-state index contributed by atoms with van der Waals surface area (Å²) in [5.41, 5.74) is -4.70. The molecule has 2 aromatic heterocycles. The van der Waals surface area contributed by atoms with Crippen LogP contribution < -0.4 is 0 Å². The van der Waals surface area contributed by atoms with Gasteiger partial charge in [0.15, 0.2) is 29.1 Å². The van der Waals surface area contributed by atoms with Crippen LogP contribution in [0.3, 0.4) is 0 Å². The van der Waals surface area contributed by atoms with Crippen molar-refractivity contribution in [2.45, 2.75) is 68.2 Å². The van der Waals surface area contributed by atoms with E-state index in [1.54, 1.807) is 30.3 Å². The number of hydrogen-bond donors (Lipinski definition) is 0. The normalized spacial score (nSPS) is 32.4. The summed E-state index contributed by atoms with van der Waals surface area (Å²) in [6, 6.07) is 8.59. The molecule has 17 heteroatoms. The van der Waals surface area contributed by atoms with E-state index in [0.29, 0.717) is 5.56 Å². The van der Waals surface area contributed by atoms with Crippen LogP contribution in [0.1, 0.15) is 31.9 Å². The number of hydrogen-bond acceptors (Lipinski definition) is 11. The van der Waals surface area contributed by atoms with Gasteiger partial charge in [-0.1, -0.05) is 41.9 Å². The van der Waals surface area contributed by atoms with Gasteiger partial charge in [0.1, 0.15) is 42.4 Å². The summed E-state index contributed by atoms with van der Waals surface area (Å²) in [4.78, 5) is 12.3. The Bertz CT molecular complexity index is 1510. The number of benzene rings is 1. The van der Waals surface area contributed by atoms with E-state index in [1.807, 2.05) is 0 Å². The molecule has 0 N–H and O–H groups in total. The highest BCUT2D eigenvalue weighted by molar-refractivity contribution is 7.87. The third-order valence-electron chi connectivity index (χ3n) is 6.65. The highest BCUT2D eigenvalue weighted by Gasteiger charge is 2.61. The van der Waals surface area contributed by atoms with Crippen molar-refractivity contribution in [1.82, 2.24) is 19.5 Å². The second kappa shape index (κ2) is 9.84. The molecule has 7 atom stereocenters. The van der Waals surface area contributed by atoms with Gasteiger partial charge in [-0.15, -0.1) is 0 Å². The molecule has 3 fully saturated rings. The van der Waals surface area contributed by atoms with E-state index in [-0.39, 0.29) is 22.9 Å². The van der Waals surface area contributed by atoms with Crippen LogP contribution in [-0.4, -0.2) is 76.4 Å². The van der Waals surface area contributed by atoms with Crippen molar-refractivity contribution in [1.29, 1.82) is 0 Å². The predicted molar refractivity (Wildman–Crippen MR) is 128 cm³/mol. The third kappa shape index (κ3) is 4.85. The molecule has 3 aliphatic rings. The molecule has 0 saturated carbocycles. The number of imidazole rings is 1. The molecule has 40 heavy (non-hydrogen) atoms. The van der Waals surface area contributed by atoms with E-state index in [9.17, 15) is 21.6 Å². The molecule has 3 saturated heterocycles. The van der Waals surface area contributed by atoms with Crippen molar-refractivity contribution in [3.8, 4) is 0 Å². The van der Waals surface area contributed by atoms with Gasteiger partial charge < -0.3 is 23.7 Å². The number of nitrogens with zero attached hydrogens (tertiary/aromatic N) is 4. The highest BCUT2D eigenvalue weighted by atomic mass is 35.5. The summed E-state index contributed by atoms with van der Waals surface area (Å²) in [5, 5.41) is 0.0586. The second-order valence-corrected chi connectivity index (χ2v) is 11.7. The molecule has 0 amide bonds. The first-order valence-electron chi connectivity index (χ1n) is 12.0. The molecule has 216 valence electrons. The minimum atomic E-state index is -6.10. The molecule has 3 aromatic rings. The Morgan fingerprint density at radius 2 is 1.77 bits per heavy atom. The molecule has 12 nitrogen and oxygen atoms in total. The monoisotopic (exact) mass is 606 g/mol. The minimum Gasteiger partial charge on any atom is -0.347 e. The zero-order valence-electron chi connectivity index (χ0n) is 20.8. The Morgan fingerprint density at radius 3 is 2.50 bits per heavy atom. The third-order valence-corrected chi connectivity index (χ3v) is 7.97. The molecule has 1 aromatic carbocycles. The first-order valence-corrected chi connectivity index (χ1v) is 13.8. The lowest BCUT2D eigenvalue weighted by Gasteiger charge is -2.39. The van der Waals surface area contributed by atoms with Gasteiger partial charge in [0.05, 0.1) is 12.9 Å². The number of aromatic nitrogens is 4. The maximum Gasteiger partial charge on any atom is 0.523 e.